The Morgan fingerprint density at radius 1 is 0.762 bits per heavy atom. The summed E-state index contributed by atoms with van der Waals surface area (Å²) >= 11 is -0.519. The normalized spacial score (nSPS) is 13.2. The molecule has 0 aliphatic rings. The maximum absolute atomic E-state index is 6.16. The highest BCUT2D eigenvalue weighted by molar-refractivity contribution is 6.19. The van der Waals surface area contributed by atoms with Gasteiger partial charge >= 0.3 is 15.9 Å². The van der Waals surface area contributed by atoms with Crippen molar-refractivity contribution in [3.8, 4) is 5.75 Å². The Morgan fingerprint density at radius 2 is 1.19 bits per heavy atom. The van der Waals surface area contributed by atoms with Crippen molar-refractivity contribution in [3.05, 3.63) is 29.3 Å². The van der Waals surface area contributed by atoms with Gasteiger partial charge in [-0.15, -0.1) is 0 Å². The number of hydrogen-bond donors (Lipinski definition) is 0. The molecule has 21 heavy (non-hydrogen) atoms. The van der Waals surface area contributed by atoms with Crippen LogP contribution in [0, 0.1) is 0 Å². The Hall–Kier alpha value is -0.488. The topological polar surface area (TPSA) is 18.5 Å². The van der Waals surface area contributed by atoms with E-state index in [1.165, 1.54) is 11.1 Å². The van der Waals surface area contributed by atoms with Crippen molar-refractivity contribution in [2.24, 2.45) is 0 Å². The molecule has 0 saturated heterocycles. The van der Waals surface area contributed by atoms with Crippen LogP contribution in [0.15, 0.2) is 18.2 Å². The maximum atomic E-state index is 6.16. The van der Waals surface area contributed by atoms with E-state index in [0.717, 1.165) is 5.75 Å². The van der Waals surface area contributed by atoms with E-state index in [9.17, 15) is 0 Å². The van der Waals surface area contributed by atoms with Crippen LogP contribution in [0.3, 0.4) is 0 Å². The van der Waals surface area contributed by atoms with E-state index in [1.807, 2.05) is 0 Å². The van der Waals surface area contributed by atoms with Crippen molar-refractivity contribution < 1.29 is 7.58 Å². The van der Waals surface area contributed by atoms with Crippen molar-refractivity contribution in [1.29, 1.82) is 0 Å². The van der Waals surface area contributed by atoms with Crippen LogP contribution in [-0.4, -0.2) is 21.5 Å². The average Bonchev–Trinajstić information content (AvgIpc) is 2.24. The summed E-state index contributed by atoms with van der Waals surface area (Å²) in [6.45, 7) is 19.5. The van der Waals surface area contributed by atoms with Gasteiger partial charge < -0.3 is 7.58 Å². The molecule has 0 atom stereocenters. The molecule has 0 amide bonds. The first-order chi connectivity index (χ1) is 9.32. The van der Waals surface area contributed by atoms with Crippen LogP contribution < -0.4 is 3.79 Å². The van der Waals surface area contributed by atoms with Gasteiger partial charge in [0.05, 0.1) is 5.75 Å². The highest BCUT2D eigenvalue weighted by atomic mass is 27.2. The lowest BCUT2D eigenvalue weighted by atomic mass is 9.80. The summed E-state index contributed by atoms with van der Waals surface area (Å²) in [5, 5.41) is 0. The molecule has 1 rings (SSSR count). The molecule has 0 bridgehead atoms. The Kier molecular flexibility index (Phi) is 5.59. The van der Waals surface area contributed by atoms with E-state index in [1.54, 1.807) is 0 Å². The zero-order valence-electron chi connectivity index (χ0n) is 15.1. The van der Waals surface area contributed by atoms with Gasteiger partial charge in [0.25, 0.3) is 0 Å². The average molecular weight is 305 g/mol. The summed E-state index contributed by atoms with van der Waals surface area (Å²) < 4.78 is 12.0. The van der Waals surface area contributed by atoms with Crippen molar-refractivity contribution in [2.75, 3.05) is 0 Å². The highest BCUT2D eigenvalue weighted by Gasteiger charge is 2.27. The molecule has 0 heterocycles. The molecular formula is C18H30AlO2. The molecule has 1 aromatic carbocycles. The molecule has 0 aliphatic carbocycles. The lowest BCUT2D eigenvalue weighted by molar-refractivity contribution is 0.118. The Balaban J connectivity index is 3.18. The SMILES string of the molecule is CC(C)(C)[O][Al][O]c1c(C(C)(C)C)cccc1C(C)(C)C. The quantitative estimate of drug-likeness (QED) is 0.731. The second-order valence-electron chi connectivity index (χ2n) is 8.63. The van der Waals surface area contributed by atoms with Crippen LogP contribution in [0.25, 0.3) is 0 Å². The minimum absolute atomic E-state index is 0.0533. The van der Waals surface area contributed by atoms with Crippen LogP contribution in [0.1, 0.15) is 73.4 Å². The van der Waals surface area contributed by atoms with Crippen molar-refractivity contribution in [1.82, 2.24) is 0 Å². The Labute approximate surface area is 137 Å². The second kappa shape index (κ2) is 6.33. The largest absolute Gasteiger partial charge is 0.774 e. The summed E-state index contributed by atoms with van der Waals surface area (Å²) in [7, 11) is 0. The van der Waals surface area contributed by atoms with Crippen LogP contribution in [0.2, 0.25) is 0 Å². The number of hydrogen-bond acceptors (Lipinski definition) is 2. The smallest absolute Gasteiger partial charge is 0.626 e. The number of benzene rings is 1. The standard InChI is InChI=1S/C14H22O.C4H9O.Al/c1-13(2,3)10-8-7-9-11(12(10)15)14(4,5)6;1-4(2,3)5;/h7-9,15H,1-6H3;1-3H3;/q;-1;+2/p-1. The predicted octanol–water partition coefficient (Wildman–Crippen LogP) is 5.01. The van der Waals surface area contributed by atoms with Gasteiger partial charge in [-0.2, -0.15) is 0 Å². The number of para-hydroxylation sites is 1. The van der Waals surface area contributed by atoms with Gasteiger partial charge in [0.1, 0.15) is 0 Å². The van der Waals surface area contributed by atoms with E-state index in [0.29, 0.717) is 0 Å². The van der Waals surface area contributed by atoms with Gasteiger partial charge in [0.2, 0.25) is 0 Å². The molecule has 0 aliphatic heterocycles. The molecule has 0 saturated carbocycles. The lowest BCUT2D eigenvalue weighted by Crippen LogP contribution is -2.27. The third-order valence-electron chi connectivity index (χ3n) is 3.20. The fourth-order valence-electron chi connectivity index (χ4n) is 2.06. The first-order valence-electron chi connectivity index (χ1n) is 7.62. The summed E-state index contributed by atoms with van der Waals surface area (Å²) in [5.41, 5.74) is 2.45. The molecule has 0 N–H and O–H groups in total. The van der Waals surface area contributed by atoms with Gasteiger partial charge in [-0.25, -0.2) is 0 Å². The van der Waals surface area contributed by atoms with Gasteiger partial charge in [0, 0.05) is 5.60 Å². The van der Waals surface area contributed by atoms with Gasteiger partial charge in [-0.05, 0) is 42.7 Å². The molecule has 2 nitrogen and oxygen atoms in total. The third-order valence-corrected chi connectivity index (χ3v) is 4.33. The third kappa shape index (κ3) is 5.66. The van der Waals surface area contributed by atoms with Gasteiger partial charge in [-0.3, -0.25) is 0 Å². The molecule has 0 fully saturated rings. The molecular weight excluding hydrogens is 275 g/mol. The monoisotopic (exact) mass is 305 g/mol. The van der Waals surface area contributed by atoms with Crippen LogP contribution >= 0.6 is 0 Å². The van der Waals surface area contributed by atoms with E-state index in [-0.39, 0.29) is 16.4 Å². The number of rotatable bonds is 3. The maximum Gasteiger partial charge on any atom is 0.774 e. The molecule has 0 spiro atoms. The van der Waals surface area contributed by atoms with E-state index in [2.05, 4.69) is 80.5 Å². The molecule has 0 aromatic heterocycles. The van der Waals surface area contributed by atoms with E-state index in [4.69, 9.17) is 7.58 Å². The fourth-order valence-corrected chi connectivity index (χ4v) is 2.75. The zero-order valence-corrected chi connectivity index (χ0v) is 16.3. The second-order valence-corrected chi connectivity index (χ2v) is 9.29. The molecule has 117 valence electrons. The molecule has 3 heteroatoms. The zero-order chi connectivity index (χ0) is 16.5. The first kappa shape index (κ1) is 18.6. The molecule has 1 radical (unpaired) electrons. The minimum atomic E-state index is -0.519. The van der Waals surface area contributed by atoms with Crippen molar-refractivity contribution in [3.63, 3.8) is 0 Å². The van der Waals surface area contributed by atoms with E-state index < -0.39 is 15.9 Å². The fraction of sp³-hybridized carbons (Fsp3) is 0.667. The lowest BCUT2D eigenvalue weighted by Gasteiger charge is -2.31. The van der Waals surface area contributed by atoms with Crippen molar-refractivity contribution >= 4 is 15.9 Å². The van der Waals surface area contributed by atoms with Gasteiger partial charge in [0.15, 0.2) is 0 Å². The first-order valence-corrected chi connectivity index (χ1v) is 8.57. The van der Waals surface area contributed by atoms with Crippen molar-refractivity contribution in [2.45, 2.75) is 78.7 Å². The predicted molar refractivity (Wildman–Crippen MR) is 91.1 cm³/mol. The minimum Gasteiger partial charge on any atom is -0.626 e. The highest BCUT2D eigenvalue weighted by Crippen LogP contribution is 2.39. The van der Waals surface area contributed by atoms with Crippen LogP contribution in [0.4, 0.5) is 0 Å². The summed E-state index contributed by atoms with van der Waals surface area (Å²) in [6.07, 6.45) is 0. The van der Waals surface area contributed by atoms with Gasteiger partial charge in [-0.1, -0.05) is 59.7 Å². The van der Waals surface area contributed by atoms with Crippen LogP contribution in [-0.2, 0) is 14.6 Å². The molecule has 1 aromatic rings. The Morgan fingerprint density at radius 3 is 1.52 bits per heavy atom. The summed E-state index contributed by atoms with van der Waals surface area (Å²) in [5.74, 6) is 1.01. The molecule has 0 unspecified atom stereocenters. The van der Waals surface area contributed by atoms with E-state index >= 15 is 0 Å². The Bertz CT molecular complexity index is 441. The summed E-state index contributed by atoms with van der Waals surface area (Å²) in [4.78, 5) is 0. The summed E-state index contributed by atoms with van der Waals surface area (Å²) in [6, 6.07) is 6.47. The van der Waals surface area contributed by atoms with Crippen LogP contribution in [0.5, 0.6) is 5.75 Å².